The summed E-state index contributed by atoms with van der Waals surface area (Å²) >= 11 is 0. The van der Waals surface area contributed by atoms with Crippen molar-refractivity contribution >= 4 is 29.9 Å². The third-order valence-corrected chi connectivity index (χ3v) is 4.46. The van der Waals surface area contributed by atoms with Crippen LogP contribution in [0.15, 0.2) is 24.3 Å². The van der Waals surface area contributed by atoms with Crippen LogP contribution in [-0.4, -0.2) is 37.6 Å². The second-order valence-electron chi connectivity index (χ2n) is 5.92. The maximum atomic E-state index is 12.6. The molecule has 0 aliphatic carbocycles. The molecule has 134 valence electrons. The highest BCUT2D eigenvalue weighted by Gasteiger charge is 2.36. The quantitative estimate of drug-likeness (QED) is 0.813. The molecule has 3 unspecified atom stereocenters. The summed E-state index contributed by atoms with van der Waals surface area (Å²) < 4.78 is 5.31. The van der Waals surface area contributed by atoms with Gasteiger partial charge >= 0.3 is 0 Å². The number of methoxy groups -OCH3 is 1. The lowest BCUT2D eigenvalue weighted by atomic mass is 9.99. The number of nitrogens with two attached hydrogens (primary N) is 1. The summed E-state index contributed by atoms with van der Waals surface area (Å²) in [6.07, 6.45) is 1.39. The van der Waals surface area contributed by atoms with E-state index in [1.165, 1.54) is 0 Å². The van der Waals surface area contributed by atoms with Crippen LogP contribution < -0.4 is 20.7 Å². The Balaban J connectivity index is 0.00000288. The number of para-hydroxylation sites is 2. The first-order valence-corrected chi connectivity index (χ1v) is 8.00. The number of carbonyl (C=O) groups is 2. The summed E-state index contributed by atoms with van der Waals surface area (Å²) in [5, 5.41) is 2.78. The molecular weight excluding hydrogens is 330 g/mol. The van der Waals surface area contributed by atoms with Crippen molar-refractivity contribution in [3.05, 3.63) is 24.3 Å². The number of halogens is 1. The van der Waals surface area contributed by atoms with Gasteiger partial charge < -0.3 is 20.7 Å². The van der Waals surface area contributed by atoms with Crippen molar-refractivity contribution in [2.24, 2.45) is 11.7 Å². The molecule has 3 N–H and O–H groups in total. The van der Waals surface area contributed by atoms with Gasteiger partial charge in [0.05, 0.1) is 18.8 Å². The Bertz CT molecular complexity index is 582. The van der Waals surface area contributed by atoms with Crippen LogP contribution in [0.3, 0.4) is 0 Å². The SMILES string of the molecule is CCC(C)C(N)C(=O)NC1CCN(c2ccccc2OC)C1=O.Cl. The van der Waals surface area contributed by atoms with Crippen LogP contribution in [0, 0.1) is 5.92 Å². The molecule has 0 aromatic heterocycles. The van der Waals surface area contributed by atoms with E-state index in [0.29, 0.717) is 18.7 Å². The molecule has 1 aliphatic heterocycles. The molecule has 0 bridgehead atoms. The van der Waals surface area contributed by atoms with Crippen molar-refractivity contribution in [1.29, 1.82) is 0 Å². The molecule has 1 fully saturated rings. The Hall–Kier alpha value is -1.79. The van der Waals surface area contributed by atoms with E-state index in [1.54, 1.807) is 12.0 Å². The van der Waals surface area contributed by atoms with Gasteiger partial charge in [-0.3, -0.25) is 9.59 Å². The van der Waals surface area contributed by atoms with E-state index in [0.717, 1.165) is 12.1 Å². The van der Waals surface area contributed by atoms with E-state index in [9.17, 15) is 9.59 Å². The number of nitrogens with one attached hydrogen (secondary N) is 1. The summed E-state index contributed by atoms with van der Waals surface area (Å²) in [6, 6.07) is 6.25. The number of benzene rings is 1. The Morgan fingerprint density at radius 1 is 1.46 bits per heavy atom. The van der Waals surface area contributed by atoms with Crippen molar-refractivity contribution in [3.63, 3.8) is 0 Å². The molecule has 1 aromatic carbocycles. The Morgan fingerprint density at radius 2 is 2.12 bits per heavy atom. The first-order chi connectivity index (χ1) is 11.0. The highest BCUT2D eigenvalue weighted by molar-refractivity contribution is 6.02. The van der Waals surface area contributed by atoms with Crippen LogP contribution in [-0.2, 0) is 9.59 Å². The maximum absolute atomic E-state index is 12.6. The molecule has 1 aromatic rings. The predicted octanol–water partition coefficient (Wildman–Crippen LogP) is 1.71. The first kappa shape index (κ1) is 20.3. The van der Waals surface area contributed by atoms with Gasteiger partial charge in [0.1, 0.15) is 11.8 Å². The van der Waals surface area contributed by atoms with Crippen molar-refractivity contribution < 1.29 is 14.3 Å². The zero-order valence-electron chi connectivity index (χ0n) is 14.3. The normalized spacial score (nSPS) is 19.4. The molecule has 24 heavy (non-hydrogen) atoms. The number of hydrogen-bond donors (Lipinski definition) is 2. The lowest BCUT2D eigenvalue weighted by Crippen LogP contribution is -2.50. The first-order valence-electron chi connectivity index (χ1n) is 8.00. The van der Waals surface area contributed by atoms with E-state index < -0.39 is 12.1 Å². The van der Waals surface area contributed by atoms with Gasteiger partial charge in [-0.25, -0.2) is 0 Å². The molecular formula is C17H26ClN3O3. The van der Waals surface area contributed by atoms with Crippen molar-refractivity contribution in [2.75, 3.05) is 18.6 Å². The second kappa shape index (κ2) is 8.89. The highest BCUT2D eigenvalue weighted by atomic mass is 35.5. The topological polar surface area (TPSA) is 84.7 Å². The van der Waals surface area contributed by atoms with E-state index >= 15 is 0 Å². The molecule has 1 heterocycles. The molecule has 2 rings (SSSR count). The molecule has 1 aliphatic rings. The fourth-order valence-electron chi connectivity index (χ4n) is 2.69. The molecule has 6 nitrogen and oxygen atoms in total. The summed E-state index contributed by atoms with van der Waals surface area (Å²) in [5.74, 6) is 0.333. The van der Waals surface area contributed by atoms with Crippen LogP contribution in [0.25, 0.3) is 0 Å². The van der Waals surface area contributed by atoms with E-state index in [4.69, 9.17) is 10.5 Å². The van der Waals surface area contributed by atoms with Gasteiger partial charge in [0.25, 0.3) is 0 Å². The molecule has 0 radical (unpaired) electrons. The lowest BCUT2D eigenvalue weighted by molar-refractivity contribution is -0.128. The number of amides is 2. The number of hydrogen-bond acceptors (Lipinski definition) is 4. The van der Waals surface area contributed by atoms with Gasteiger partial charge in [-0.1, -0.05) is 32.4 Å². The minimum atomic E-state index is -0.590. The fraction of sp³-hybridized carbons (Fsp3) is 0.529. The third-order valence-electron chi connectivity index (χ3n) is 4.46. The Morgan fingerprint density at radius 3 is 2.75 bits per heavy atom. The van der Waals surface area contributed by atoms with Crippen LogP contribution in [0.5, 0.6) is 5.75 Å². The number of rotatable bonds is 6. The largest absolute Gasteiger partial charge is 0.495 e. The van der Waals surface area contributed by atoms with Gasteiger partial charge in [0, 0.05) is 6.54 Å². The summed E-state index contributed by atoms with van der Waals surface area (Å²) in [4.78, 5) is 26.4. The Labute approximate surface area is 149 Å². The van der Waals surface area contributed by atoms with Gasteiger partial charge in [-0.15, -0.1) is 12.4 Å². The molecule has 0 saturated carbocycles. The van der Waals surface area contributed by atoms with Crippen LogP contribution in [0.2, 0.25) is 0 Å². The van der Waals surface area contributed by atoms with Gasteiger partial charge in [-0.05, 0) is 24.5 Å². The number of nitrogens with zero attached hydrogens (tertiary/aromatic N) is 1. The minimum Gasteiger partial charge on any atom is -0.495 e. The van der Waals surface area contributed by atoms with Gasteiger partial charge in [0.15, 0.2) is 0 Å². The average Bonchev–Trinajstić information content (AvgIpc) is 2.93. The standard InChI is InChI=1S/C17H25N3O3.ClH/c1-4-11(2)15(18)16(21)19-12-9-10-20(17(12)22)13-7-5-6-8-14(13)23-3;/h5-8,11-12,15H,4,9-10,18H2,1-3H3,(H,19,21);1H. The van der Waals surface area contributed by atoms with E-state index in [-0.39, 0.29) is 30.1 Å². The Kier molecular flexibility index (Phi) is 7.51. The zero-order valence-corrected chi connectivity index (χ0v) is 15.1. The number of ether oxygens (including phenoxy) is 1. The summed E-state index contributed by atoms with van der Waals surface area (Å²) in [7, 11) is 1.57. The zero-order chi connectivity index (χ0) is 17.0. The van der Waals surface area contributed by atoms with Crippen LogP contribution in [0.1, 0.15) is 26.7 Å². The highest BCUT2D eigenvalue weighted by Crippen LogP contribution is 2.31. The minimum absolute atomic E-state index is 0. The predicted molar refractivity (Wildman–Crippen MR) is 96.6 cm³/mol. The molecule has 3 atom stereocenters. The molecule has 1 saturated heterocycles. The molecule has 2 amide bonds. The second-order valence-corrected chi connectivity index (χ2v) is 5.92. The van der Waals surface area contributed by atoms with Crippen LogP contribution in [0.4, 0.5) is 5.69 Å². The van der Waals surface area contributed by atoms with Crippen LogP contribution >= 0.6 is 12.4 Å². The monoisotopic (exact) mass is 355 g/mol. The average molecular weight is 356 g/mol. The van der Waals surface area contributed by atoms with Crippen molar-refractivity contribution in [1.82, 2.24) is 5.32 Å². The number of carbonyl (C=O) groups excluding carboxylic acids is 2. The number of anilines is 1. The lowest BCUT2D eigenvalue weighted by Gasteiger charge is -2.21. The van der Waals surface area contributed by atoms with Gasteiger partial charge in [-0.2, -0.15) is 0 Å². The maximum Gasteiger partial charge on any atom is 0.249 e. The van der Waals surface area contributed by atoms with E-state index in [1.807, 2.05) is 38.1 Å². The van der Waals surface area contributed by atoms with E-state index in [2.05, 4.69) is 5.32 Å². The molecule has 0 spiro atoms. The van der Waals surface area contributed by atoms with Crippen molar-refractivity contribution in [3.8, 4) is 5.75 Å². The smallest absolute Gasteiger partial charge is 0.249 e. The summed E-state index contributed by atoms with van der Waals surface area (Å²) in [6.45, 7) is 4.46. The molecule has 7 heteroatoms. The van der Waals surface area contributed by atoms with Gasteiger partial charge in [0.2, 0.25) is 11.8 Å². The van der Waals surface area contributed by atoms with Crippen molar-refractivity contribution in [2.45, 2.75) is 38.8 Å². The third kappa shape index (κ3) is 4.19. The fourth-order valence-corrected chi connectivity index (χ4v) is 2.69. The summed E-state index contributed by atoms with van der Waals surface area (Å²) in [5.41, 5.74) is 6.65.